The largest absolute Gasteiger partial charge is 0.487 e. The molecule has 0 unspecified atom stereocenters. The van der Waals surface area contributed by atoms with Crippen LogP contribution < -0.4 is 20.7 Å². The monoisotopic (exact) mass is 500 g/mol. The normalized spacial score (nSPS) is 13.6. The summed E-state index contributed by atoms with van der Waals surface area (Å²) in [6, 6.07) is 7.98. The molecule has 0 aliphatic carbocycles. The summed E-state index contributed by atoms with van der Waals surface area (Å²) in [7, 11) is 3.66. The molecule has 0 atom stereocenters. The number of carbonyl (C=O) groups excluding carboxylic acids is 1. The summed E-state index contributed by atoms with van der Waals surface area (Å²) >= 11 is 0. The fourth-order valence-electron chi connectivity index (χ4n) is 4.12. The van der Waals surface area contributed by atoms with E-state index < -0.39 is 5.91 Å². The standard InChI is InChI=1S/C24H24N10O3/c1-32-6-5-15(31-32)13-36-17-3-4-18-20(7-17)37-24(30-18)34-10-14(11-34)19-9-26-23(21(29-19)22(25)35)28-16-8-27-33(2)12-16/h3-9,12,14H,10-11,13H2,1-2H3,(H2,25,35)(H,26,28). The Morgan fingerprint density at radius 1 is 1.19 bits per heavy atom. The number of rotatable bonds is 8. The number of nitrogens with two attached hydrogens (primary N) is 1. The summed E-state index contributed by atoms with van der Waals surface area (Å²) in [5.41, 5.74) is 9.25. The van der Waals surface area contributed by atoms with Crippen LogP contribution in [0.2, 0.25) is 0 Å². The lowest BCUT2D eigenvalue weighted by molar-refractivity contribution is 0.0995. The zero-order valence-corrected chi connectivity index (χ0v) is 20.2. The number of aromatic nitrogens is 7. The molecular weight excluding hydrogens is 476 g/mol. The molecule has 1 saturated heterocycles. The Hall–Kier alpha value is -4.94. The molecule has 188 valence electrons. The maximum Gasteiger partial charge on any atom is 0.298 e. The van der Waals surface area contributed by atoms with E-state index in [1.54, 1.807) is 35.0 Å². The number of hydrogen-bond acceptors (Lipinski definition) is 10. The fraction of sp³-hybridized carbons (Fsp3) is 0.250. The van der Waals surface area contributed by atoms with E-state index in [1.165, 1.54) is 0 Å². The lowest BCUT2D eigenvalue weighted by Crippen LogP contribution is -2.45. The van der Waals surface area contributed by atoms with Crippen molar-refractivity contribution in [3.8, 4) is 5.75 Å². The predicted octanol–water partition coefficient (Wildman–Crippen LogP) is 2.11. The lowest BCUT2D eigenvalue weighted by atomic mass is 9.97. The van der Waals surface area contributed by atoms with E-state index in [2.05, 4.69) is 30.5 Å². The van der Waals surface area contributed by atoms with Gasteiger partial charge in [-0.2, -0.15) is 15.2 Å². The van der Waals surface area contributed by atoms with Crippen molar-refractivity contribution in [3.63, 3.8) is 0 Å². The van der Waals surface area contributed by atoms with Gasteiger partial charge in [-0.05, 0) is 18.2 Å². The van der Waals surface area contributed by atoms with Crippen molar-refractivity contribution in [3.05, 3.63) is 66.1 Å². The maximum atomic E-state index is 12.0. The molecule has 1 aromatic carbocycles. The van der Waals surface area contributed by atoms with Gasteiger partial charge in [-0.3, -0.25) is 14.2 Å². The second kappa shape index (κ2) is 8.93. The second-order valence-corrected chi connectivity index (χ2v) is 8.88. The van der Waals surface area contributed by atoms with Gasteiger partial charge in [0.25, 0.3) is 11.9 Å². The van der Waals surface area contributed by atoms with Gasteiger partial charge in [0.1, 0.15) is 17.9 Å². The number of primary amides is 1. The summed E-state index contributed by atoms with van der Waals surface area (Å²) in [6.07, 6.45) is 6.92. The number of nitrogens with zero attached hydrogens (tertiary/aromatic N) is 8. The summed E-state index contributed by atoms with van der Waals surface area (Å²) in [5.74, 6) is 0.374. The molecule has 13 nitrogen and oxygen atoms in total. The average Bonchev–Trinajstić information content (AvgIpc) is 3.57. The van der Waals surface area contributed by atoms with Crippen molar-refractivity contribution in [2.75, 3.05) is 23.3 Å². The third kappa shape index (κ3) is 4.53. The Bertz CT molecular complexity index is 1600. The van der Waals surface area contributed by atoms with Gasteiger partial charge in [0.15, 0.2) is 17.1 Å². The maximum absolute atomic E-state index is 12.0. The number of carbonyl (C=O) groups is 1. The van der Waals surface area contributed by atoms with Gasteiger partial charge < -0.3 is 25.1 Å². The van der Waals surface area contributed by atoms with Crippen molar-refractivity contribution in [1.29, 1.82) is 0 Å². The molecule has 1 aliphatic rings. The lowest BCUT2D eigenvalue weighted by Gasteiger charge is -2.37. The highest BCUT2D eigenvalue weighted by atomic mass is 16.5. The third-order valence-corrected chi connectivity index (χ3v) is 6.07. The van der Waals surface area contributed by atoms with Crippen molar-refractivity contribution >= 4 is 34.5 Å². The van der Waals surface area contributed by atoms with Crippen molar-refractivity contribution in [1.82, 2.24) is 34.5 Å². The first kappa shape index (κ1) is 22.5. The van der Waals surface area contributed by atoms with Gasteiger partial charge in [0.2, 0.25) is 0 Å². The number of ether oxygens (including phenoxy) is 1. The molecule has 1 aliphatic heterocycles. The van der Waals surface area contributed by atoms with E-state index in [-0.39, 0.29) is 11.6 Å². The van der Waals surface area contributed by atoms with Gasteiger partial charge in [-0.25, -0.2) is 9.97 Å². The topological polar surface area (TPSA) is 155 Å². The molecule has 4 aromatic heterocycles. The molecule has 5 heterocycles. The average molecular weight is 501 g/mol. The highest BCUT2D eigenvalue weighted by Gasteiger charge is 2.33. The summed E-state index contributed by atoms with van der Waals surface area (Å²) in [5, 5.41) is 11.4. The highest BCUT2D eigenvalue weighted by molar-refractivity contribution is 5.96. The van der Waals surface area contributed by atoms with Crippen LogP contribution in [0.25, 0.3) is 11.1 Å². The van der Waals surface area contributed by atoms with E-state index in [1.807, 2.05) is 42.4 Å². The molecule has 0 saturated carbocycles. The van der Waals surface area contributed by atoms with E-state index >= 15 is 0 Å². The quantitative estimate of drug-likeness (QED) is 0.324. The molecule has 6 rings (SSSR count). The Morgan fingerprint density at radius 2 is 2.05 bits per heavy atom. The van der Waals surface area contributed by atoms with Gasteiger partial charge >= 0.3 is 0 Å². The minimum atomic E-state index is -0.656. The van der Waals surface area contributed by atoms with Crippen molar-refractivity contribution < 1.29 is 13.9 Å². The fourth-order valence-corrected chi connectivity index (χ4v) is 4.12. The Labute approximate surface area is 210 Å². The van der Waals surface area contributed by atoms with Gasteiger partial charge in [-0.1, -0.05) is 0 Å². The number of aryl methyl sites for hydroxylation is 2. The number of amides is 1. The molecule has 37 heavy (non-hydrogen) atoms. The van der Waals surface area contributed by atoms with Crippen LogP contribution in [-0.4, -0.2) is 53.5 Å². The number of anilines is 3. The van der Waals surface area contributed by atoms with Crippen LogP contribution >= 0.6 is 0 Å². The number of nitrogens with one attached hydrogen (secondary N) is 1. The molecule has 5 aromatic rings. The summed E-state index contributed by atoms with van der Waals surface area (Å²) in [4.78, 5) is 27.5. The van der Waals surface area contributed by atoms with Gasteiger partial charge in [0.05, 0.1) is 29.5 Å². The first-order chi connectivity index (χ1) is 17.9. The zero-order valence-electron chi connectivity index (χ0n) is 20.2. The molecule has 3 N–H and O–H groups in total. The highest BCUT2D eigenvalue weighted by Crippen LogP contribution is 2.33. The molecule has 1 fully saturated rings. The molecule has 0 radical (unpaired) electrons. The molecule has 1 amide bonds. The van der Waals surface area contributed by atoms with E-state index in [4.69, 9.17) is 14.9 Å². The SMILES string of the molecule is Cn1cc(Nc2ncc(C3CN(c4nc5ccc(OCc6ccn(C)n6)cc5o4)C3)nc2C(N)=O)cn1. The molecular formula is C24H24N10O3. The number of fused-ring (bicyclic) bond motifs is 1. The Morgan fingerprint density at radius 3 is 2.78 bits per heavy atom. The predicted molar refractivity (Wildman–Crippen MR) is 134 cm³/mol. The Balaban J connectivity index is 1.12. The second-order valence-electron chi connectivity index (χ2n) is 8.88. The van der Waals surface area contributed by atoms with Crippen LogP contribution in [0.1, 0.15) is 27.8 Å². The smallest absolute Gasteiger partial charge is 0.298 e. The number of oxazole rings is 1. The van der Waals surface area contributed by atoms with Crippen LogP contribution in [0.4, 0.5) is 17.5 Å². The van der Waals surface area contributed by atoms with E-state index in [9.17, 15) is 4.79 Å². The van der Waals surface area contributed by atoms with Crippen molar-refractivity contribution in [2.24, 2.45) is 19.8 Å². The van der Waals surface area contributed by atoms with Gasteiger partial charge in [-0.15, -0.1) is 0 Å². The first-order valence-electron chi connectivity index (χ1n) is 11.6. The first-order valence-corrected chi connectivity index (χ1v) is 11.6. The minimum Gasteiger partial charge on any atom is -0.487 e. The molecule has 0 bridgehead atoms. The number of benzene rings is 1. The zero-order chi connectivity index (χ0) is 25.5. The Kier molecular flexibility index (Phi) is 5.44. The van der Waals surface area contributed by atoms with E-state index in [0.29, 0.717) is 54.2 Å². The van der Waals surface area contributed by atoms with E-state index in [0.717, 1.165) is 11.2 Å². The molecule has 13 heteroatoms. The van der Waals surface area contributed by atoms with Crippen LogP contribution in [0.3, 0.4) is 0 Å². The summed E-state index contributed by atoms with van der Waals surface area (Å²) in [6.45, 7) is 1.61. The van der Waals surface area contributed by atoms with Crippen LogP contribution in [0, 0.1) is 0 Å². The van der Waals surface area contributed by atoms with Crippen molar-refractivity contribution in [2.45, 2.75) is 12.5 Å². The third-order valence-electron chi connectivity index (χ3n) is 6.07. The number of hydrogen-bond donors (Lipinski definition) is 2. The van der Waals surface area contributed by atoms with Crippen LogP contribution in [0.5, 0.6) is 5.75 Å². The van der Waals surface area contributed by atoms with Crippen LogP contribution in [0.15, 0.2) is 53.5 Å². The molecule has 0 spiro atoms. The minimum absolute atomic E-state index is 0.0605. The summed E-state index contributed by atoms with van der Waals surface area (Å²) < 4.78 is 15.2. The van der Waals surface area contributed by atoms with Crippen LogP contribution in [-0.2, 0) is 20.7 Å². The van der Waals surface area contributed by atoms with Gasteiger partial charge in [0, 0.05) is 51.6 Å².